The Balaban J connectivity index is 4.14. The lowest BCUT2D eigenvalue weighted by atomic mass is 10.9. The molecule has 0 bridgehead atoms. The summed E-state index contributed by atoms with van der Waals surface area (Å²) >= 11 is 0. The summed E-state index contributed by atoms with van der Waals surface area (Å²) in [4.78, 5) is 4.08. The fourth-order valence-corrected chi connectivity index (χ4v) is 1.25. The molecule has 0 N–H and O–H groups in total. The Bertz CT molecular complexity index is 120. The summed E-state index contributed by atoms with van der Waals surface area (Å²) in [5.41, 5.74) is 0. The third-order valence-corrected chi connectivity index (χ3v) is 4.70. The van der Waals surface area contributed by atoms with Crippen LogP contribution in [0.2, 0.25) is 13.1 Å². The Kier molecular flexibility index (Phi) is 3.07. The van der Waals surface area contributed by atoms with E-state index in [-0.39, 0.29) is 0 Å². The summed E-state index contributed by atoms with van der Waals surface area (Å²) in [5, 5.41) is 1.16. The van der Waals surface area contributed by atoms with Crippen LogP contribution in [0.15, 0.2) is 4.99 Å². The first-order valence-electron chi connectivity index (χ1n) is 3.03. The van der Waals surface area contributed by atoms with E-state index in [0.29, 0.717) is 0 Å². The van der Waals surface area contributed by atoms with Crippen molar-refractivity contribution in [3.63, 3.8) is 0 Å². The Labute approximate surface area is 58.1 Å². The van der Waals surface area contributed by atoms with Crippen molar-refractivity contribution in [2.45, 2.75) is 20.0 Å². The van der Waals surface area contributed by atoms with Crippen LogP contribution in [-0.2, 0) is 4.43 Å². The quantitative estimate of drug-likeness (QED) is 0.426. The van der Waals surface area contributed by atoms with Gasteiger partial charge < -0.3 is 4.43 Å². The molecule has 0 amide bonds. The van der Waals surface area contributed by atoms with Crippen LogP contribution < -0.4 is 0 Å². The molecule has 0 fully saturated rings. The van der Waals surface area contributed by atoms with Gasteiger partial charge in [-0.15, -0.1) is 0 Å². The van der Waals surface area contributed by atoms with E-state index in [1.54, 1.807) is 7.11 Å². The van der Waals surface area contributed by atoms with Crippen molar-refractivity contribution in [3.05, 3.63) is 0 Å². The fraction of sp³-hybridized carbons (Fsp3) is 0.833. The van der Waals surface area contributed by atoms with Crippen LogP contribution >= 0.6 is 0 Å². The second-order valence-corrected chi connectivity index (χ2v) is 6.68. The standard InChI is InChI=1S/C6H15NOSi/c1-6(7-2)9(4,5)8-3/h1-5H3. The Morgan fingerprint density at radius 2 is 1.89 bits per heavy atom. The van der Waals surface area contributed by atoms with E-state index in [9.17, 15) is 0 Å². The molecule has 0 aromatic heterocycles. The lowest BCUT2D eigenvalue weighted by Crippen LogP contribution is -2.38. The van der Waals surface area contributed by atoms with E-state index in [0.717, 1.165) is 5.33 Å². The van der Waals surface area contributed by atoms with Crippen molar-refractivity contribution in [3.8, 4) is 0 Å². The number of hydrogen-bond donors (Lipinski definition) is 0. The molecule has 2 nitrogen and oxygen atoms in total. The summed E-state index contributed by atoms with van der Waals surface area (Å²) in [6.45, 7) is 6.29. The molecule has 54 valence electrons. The molecular weight excluding hydrogens is 130 g/mol. The third-order valence-electron chi connectivity index (χ3n) is 1.72. The topological polar surface area (TPSA) is 21.6 Å². The van der Waals surface area contributed by atoms with Gasteiger partial charge in [0.2, 0.25) is 8.32 Å². The van der Waals surface area contributed by atoms with Crippen molar-refractivity contribution >= 4 is 13.7 Å². The van der Waals surface area contributed by atoms with E-state index in [1.807, 2.05) is 14.0 Å². The first-order valence-corrected chi connectivity index (χ1v) is 5.94. The number of aliphatic imine (C=N–C) groups is 1. The summed E-state index contributed by atoms with van der Waals surface area (Å²) in [7, 11) is 2.03. The molecule has 0 saturated carbocycles. The van der Waals surface area contributed by atoms with Gasteiger partial charge in [-0.3, -0.25) is 4.99 Å². The van der Waals surface area contributed by atoms with Gasteiger partial charge in [0.1, 0.15) is 0 Å². The zero-order valence-electron chi connectivity index (χ0n) is 6.86. The summed E-state index contributed by atoms with van der Waals surface area (Å²) in [6, 6.07) is 0. The minimum absolute atomic E-state index is 1.16. The summed E-state index contributed by atoms with van der Waals surface area (Å²) in [5.74, 6) is 0. The Morgan fingerprint density at radius 1 is 1.44 bits per heavy atom. The second kappa shape index (κ2) is 3.13. The molecule has 0 heterocycles. The molecular formula is C6H15NOSi. The van der Waals surface area contributed by atoms with Gasteiger partial charge in [-0.05, 0) is 20.0 Å². The van der Waals surface area contributed by atoms with Crippen LogP contribution in [-0.4, -0.2) is 27.8 Å². The first kappa shape index (κ1) is 8.85. The Hall–Kier alpha value is -0.153. The van der Waals surface area contributed by atoms with Crippen LogP contribution in [0.3, 0.4) is 0 Å². The van der Waals surface area contributed by atoms with E-state index < -0.39 is 8.32 Å². The average Bonchev–Trinajstić information content (AvgIpc) is 1.86. The van der Waals surface area contributed by atoms with E-state index in [1.165, 1.54) is 0 Å². The maximum absolute atomic E-state index is 5.30. The van der Waals surface area contributed by atoms with Gasteiger partial charge in [0.05, 0.1) is 0 Å². The van der Waals surface area contributed by atoms with E-state index >= 15 is 0 Å². The van der Waals surface area contributed by atoms with Crippen LogP contribution in [0, 0.1) is 0 Å². The molecule has 0 aliphatic carbocycles. The largest absolute Gasteiger partial charge is 0.415 e. The minimum Gasteiger partial charge on any atom is -0.415 e. The number of hydrogen-bond acceptors (Lipinski definition) is 2. The lowest BCUT2D eigenvalue weighted by Gasteiger charge is -2.18. The van der Waals surface area contributed by atoms with Crippen molar-refractivity contribution in [1.82, 2.24) is 0 Å². The molecule has 0 aromatic carbocycles. The van der Waals surface area contributed by atoms with Gasteiger partial charge in [-0.1, -0.05) is 0 Å². The van der Waals surface area contributed by atoms with Gasteiger partial charge >= 0.3 is 0 Å². The van der Waals surface area contributed by atoms with Crippen molar-refractivity contribution < 1.29 is 4.43 Å². The zero-order valence-corrected chi connectivity index (χ0v) is 7.86. The molecule has 0 aliphatic rings. The first-order chi connectivity index (χ1) is 4.04. The van der Waals surface area contributed by atoms with Gasteiger partial charge in [-0.25, -0.2) is 0 Å². The maximum atomic E-state index is 5.30. The van der Waals surface area contributed by atoms with Gasteiger partial charge in [0.25, 0.3) is 0 Å². The number of rotatable bonds is 2. The maximum Gasteiger partial charge on any atom is 0.231 e. The summed E-state index contributed by atoms with van der Waals surface area (Å²) < 4.78 is 5.30. The van der Waals surface area contributed by atoms with Gasteiger partial charge in [0.15, 0.2) is 0 Å². The highest BCUT2D eigenvalue weighted by atomic mass is 28.4. The molecule has 0 aliphatic heterocycles. The molecule has 0 aromatic rings. The molecule has 9 heavy (non-hydrogen) atoms. The normalized spacial score (nSPS) is 14.1. The predicted octanol–water partition coefficient (Wildman–Crippen LogP) is 1.47. The molecule has 0 radical (unpaired) electrons. The fourth-order valence-electron chi connectivity index (χ4n) is 0.417. The highest BCUT2D eigenvalue weighted by molar-refractivity contribution is 7.00. The minimum atomic E-state index is -1.53. The molecule has 0 rings (SSSR count). The van der Waals surface area contributed by atoms with E-state index in [4.69, 9.17) is 4.43 Å². The van der Waals surface area contributed by atoms with Gasteiger partial charge in [-0.2, -0.15) is 0 Å². The SMILES string of the molecule is CN=C(C)[Si](C)(C)OC. The van der Waals surface area contributed by atoms with Crippen molar-refractivity contribution in [2.24, 2.45) is 4.99 Å². The van der Waals surface area contributed by atoms with Crippen LogP contribution in [0.5, 0.6) is 0 Å². The van der Waals surface area contributed by atoms with Crippen LogP contribution in [0.1, 0.15) is 6.92 Å². The third kappa shape index (κ3) is 2.28. The van der Waals surface area contributed by atoms with Crippen molar-refractivity contribution in [1.29, 1.82) is 0 Å². The van der Waals surface area contributed by atoms with E-state index in [2.05, 4.69) is 18.1 Å². The highest BCUT2D eigenvalue weighted by Gasteiger charge is 2.23. The number of nitrogens with zero attached hydrogens (tertiary/aromatic N) is 1. The van der Waals surface area contributed by atoms with Crippen LogP contribution in [0.4, 0.5) is 0 Å². The van der Waals surface area contributed by atoms with Crippen LogP contribution in [0.25, 0.3) is 0 Å². The molecule has 3 heteroatoms. The monoisotopic (exact) mass is 145 g/mol. The zero-order chi connectivity index (χ0) is 7.49. The smallest absolute Gasteiger partial charge is 0.231 e. The summed E-state index contributed by atoms with van der Waals surface area (Å²) in [6.07, 6.45) is 0. The second-order valence-electron chi connectivity index (χ2n) is 2.52. The lowest BCUT2D eigenvalue weighted by molar-refractivity contribution is 0.419. The van der Waals surface area contributed by atoms with Crippen molar-refractivity contribution in [2.75, 3.05) is 14.2 Å². The molecule has 0 spiro atoms. The predicted molar refractivity (Wildman–Crippen MR) is 43.5 cm³/mol. The molecule has 0 saturated heterocycles. The Morgan fingerprint density at radius 3 is 2.00 bits per heavy atom. The molecule has 0 unspecified atom stereocenters. The van der Waals surface area contributed by atoms with Gasteiger partial charge in [0, 0.05) is 19.5 Å². The molecule has 0 atom stereocenters. The highest BCUT2D eigenvalue weighted by Crippen LogP contribution is 2.03. The average molecular weight is 145 g/mol.